The van der Waals surface area contributed by atoms with E-state index < -0.39 is 6.10 Å². The van der Waals surface area contributed by atoms with Crippen molar-refractivity contribution in [2.45, 2.75) is 45.1 Å². The average Bonchev–Trinajstić information content (AvgIpc) is 3.48. The standard InChI is InChI=1S/C25H29N3O3/c1-16(29)20-9-17(6-7-19(20)25-5-4-8-31-25)12-28-15-26-22-10-21-18(14-30-3)13-27(2)23(21)11-24(22)28/h6-7,9-11,13,15-16,25,29H,4-5,8,12,14H2,1-3H3/t16?,25-/m0/s1. The van der Waals surface area contributed by atoms with Gasteiger partial charge in [-0.1, -0.05) is 18.2 Å². The number of fused-ring (bicyclic) bond motifs is 2. The molecule has 3 heterocycles. The lowest BCUT2D eigenvalue weighted by molar-refractivity contribution is 0.107. The van der Waals surface area contributed by atoms with Crippen LogP contribution in [0.25, 0.3) is 21.9 Å². The molecule has 2 aromatic heterocycles. The Morgan fingerprint density at radius 3 is 2.87 bits per heavy atom. The molecule has 0 bridgehead atoms. The molecule has 0 spiro atoms. The van der Waals surface area contributed by atoms with Crippen molar-refractivity contribution in [2.24, 2.45) is 7.05 Å². The molecule has 1 fully saturated rings. The van der Waals surface area contributed by atoms with Gasteiger partial charge in [0.2, 0.25) is 0 Å². The van der Waals surface area contributed by atoms with E-state index in [9.17, 15) is 5.11 Å². The smallest absolute Gasteiger partial charge is 0.0961 e. The summed E-state index contributed by atoms with van der Waals surface area (Å²) in [5.74, 6) is 0. The molecule has 1 unspecified atom stereocenters. The molecule has 1 aliphatic heterocycles. The third kappa shape index (κ3) is 3.65. The number of methoxy groups -OCH3 is 1. The first kappa shape index (κ1) is 20.2. The minimum Gasteiger partial charge on any atom is -0.389 e. The quantitative estimate of drug-likeness (QED) is 0.495. The monoisotopic (exact) mass is 419 g/mol. The van der Waals surface area contributed by atoms with Crippen molar-refractivity contribution < 1.29 is 14.6 Å². The van der Waals surface area contributed by atoms with Gasteiger partial charge in [-0.25, -0.2) is 4.98 Å². The predicted octanol–water partition coefficient (Wildman–Crippen LogP) is 4.63. The molecule has 1 saturated heterocycles. The molecular weight excluding hydrogens is 390 g/mol. The molecule has 1 N–H and O–H groups in total. The second-order valence-electron chi connectivity index (χ2n) is 8.57. The van der Waals surface area contributed by atoms with Crippen LogP contribution in [0.1, 0.15) is 54.2 Å². The Hall–Kier alpha value is -2.67. The van der Waals surface area contributed by atoms with Gasteiger partial charge in [-0.2, -0.15) is 0 Å². The van der Waals surface area contributed by atoms with Gasteiger partial charge in [0.1, 0.15) is 0 Å². The maximum absolute atomic E-state index is 10.4. The number of aromatic nitrogens is 3. The van der Waals surface area contributed by atoms with Crippen molar-refractivity contribution in [2.75, 3.05) is 13.7 Å². The van der Waals surface area contributed by atoms with E-state index in [-0.39, 0.29) is 6.10 Å². The molecule has 5 rings (SSSR count). The molecule has 31 heavy (non-hydrogen) atoms. The largest absolute Gasteiger partial charge is 0.389 e. The third-order valence-corrected chi connectivity index (χ3v) is 6.34. The Balaban J connectivity index is 1.51. The Morgan fingerprint density at radius 2 is 2.13 bits per heavy atom. The lowest BCUT2D eigenvalue weighted by Crippen LogP contribution is -2.07. The summed E-state index contributed by atoms with van der Waals surface area (Å²) in [5, 5.41) is 11.6. The summed E-state index contributed by atoms with van der Waals surface area (Å²) < 4.78 is 15.5. The van der Waals surface area contributed by atoms with E-state index in [1.54, 1.807) is 7.11 Å². The Bertz CT molecular complexity index is 1230. The van der Waals surface area contributed by atoms with Crippen LogP contribution in [0.5, 0.6) is 0 Å². The summed E-state index contributed by atoms with van der Waals surface area (Å²) in [7, 11) is 3.78. The van der Waals surface area contributed by atoms with E-state index in [0.717, 1.165) is 47.2 Å². The molecule has 162 valence electrons. The number of aliphatic hydroxyl groups is 1. The molecule has 0 aliphatic carbocycles. The number of rotatable bonds is 6. The molecular formula is C25H29N3O3. The Morgan fingerprint density at radius 1 is 1.26 bits per heavy atom. The first-order valence-electron chi connectivity index (χ1n) is 10.9. The zero-order valence-corrected chi connectivity index (χ0v) is 18.3. The lowest BCUT2D eigenvalue weighted by Gasteiger charge is -2.19. The highest BCUT2D eigenvalue weighted by Crippen LogP contribution is 2.34. The van der Waals surface area contributed by atoms with Gasteiger partial charge >= 0.3 is 0 Å². The fourth-order valence-corrected chi connectivity index (χ4v) is 4.81. The highest BCUT2D eigenvalue weighted by molar-refractivity contribution is 5.96. The SMILES string of the molecule is COCc1cn(C)c2cc3c(cc12)ncn3Cc1ccc([C@@H]2CCCO2)c(C(C)O)c1. The zero-order chi connectivity index (χ0) is 21.5. The fourth-order valence-electron chi connectivity index (χ4n) is 4.81. The van der Waals surface area contributed by atoms with Gasteiger partial charge in [-0.15, -0.1) is 0 Å². The highest BCUT2D eigenvalue weighted by Gasteiger charge is 2.22. The summed E-state index contributed by atoms with van der Waals surface area (Å²) in [4.78, 5) is 4.66. The van der Waals surface area contributed by atoms with Crippen LogP contribution >= 0.6 is 0 Å². The van der Waals surface area contributed by atoms with Crippen molar-refractivity contribution in [3.05, 3.63) is 65.1 Å². The number of aliphatic hydroxyl groups excluding tert-OH is 1. The van der Waals surface area contributed by atoms with Crippen LogP contribution in [0.2, 0.25) is 0 Å². The van der Waals surface area contributed by atoms with Gasteiger partial charge < -0.3 is 23.7 Å². The summed E-state index contributed by atoms with van der Waals surface area (Å²) in [6.07, 6.45) is 5.68. The number of nitrogens with zero attached hydrogens (tertiary/aromatic N) is 3. The maximum atomic E-state index is 10.4. The molecule has 2 atom stereocenters. The molecule has 6 heteroatoms. The molecule has 2 aromatic carbocycles. The first-order chi connectivity index (χ1) is 15.0. The van der Waals surface area contributed by atoms with Crippen LogP contribution in [0, 0.1) is 0 Å². The van der Waals surface area contributed by atoms with E-state index in [0.29, 0.717) is 13.2 Å². The van der Waals surface area contributed by atoms with Crippen LogP contribution in [0.15, 0.2) is 42.9 Å². The van der Waals surface area contributed by atoms with E-state index in [4.69, 9.17) is 9.47 Å². The van der Waals surface area contributed by atoms with Crippen molar-refractivity contribution in [3.8, 4) is 0 Å². The highest BCUT2D eigenvalue weighted by atomic mass is 16.5. The maximum Gasteiger partial charge on any atom is 0.0961 e. The van der Waals surface area contributed by atoms with Crippen LogP contribution in [-0.2, 0) is 29.7 Å². The average molecular weight is 420 g/mol. The Kier molecular flexibility index (Phi) is 5.30. The van der Waals surface area contributed by atoms with Gasteiger partial charge in [-0.3, -0.25) is 0 Å². The van der Waals surface area contributed by atoms with Crippen LogP contribution in [0.4, 0.5) is 0 Å². The summed E-state index contributed by atoms with van der Waals surface area (Å²) >= 11 is 0. The second-order valence-corrected chi connectivity index (χ2v) is 8.57. The summed E-state index contributed by atoms with van der Waals surface area (Å²) in [5.41, 5.74) is 7.62. The van der Waals surface area contributed by atoms with E-state index in [1.165, 1.54) is 16.5 Å². The summed E-state index contributed by atoms with van der Waals surface area (Å²) in [6, 6.07) is 10.7. The van der Waals surface area contributed by atoms with Crippen molar-refractivity contribution in [1.29, 1.82) is 0 Å². The van der Waals surface area contributed by atoms with Gasteiger partial charge in [0, 0.05) is 44.5 Å². The molecule has 1 aliphatic rings. The third-order valence-electron chi connectivity index (χ3n) is 6.34. The second kappa shape index (κ2) is 8.11. The van der Waals surface area contributed by atoms with E-state index in [2.05, 4.69) is 57.7 Å². The number of hydrogen-bond donors (Lipinski definition) is 1. The van der Waals surface area contributed by atoms with Crippen LogP contribution in [0.3, 0.4) is 0 Å². The predicted molar refractivity (Wildman–Crippen MR) is 121 cm³/mol. The Labute approximate surface area is 182 Å². The molecule has 4 aromatic rings. The number of imidazole rings is 1. The minimum atomic E-state index is -0.527. The number of ether oxygens (including phenoxy) is 2. The van der Waals surface area contributed by atoms with E-state index in [1.807, 2.05) is 13.3 Å². The van der Waals surface area contributed by atoms with E-state index >= 15 is 0 Å². The molecule has 0 amide bonds. The number of hydrogen-bond acceptors (Lipinski definition) is 4. The number of benzene rings is 2. The molecule has 0 saturated carbocycles. The first-order valence-corrected chi connectivity index (χ1v) is 10.9. The topological polar surface area (TPSA) is 61.4 Å². The number of aryl methyl sites for hydroxylation is 1. The normalized spacial score (nSPS) is 17.7. The van der Waals surface area contributed by atoms with Gasteiger partial charge in [0.15, 0.2) is 0 Å². The van der Waals surface area contributed by atoms with Gasteiger partial charge in [0.25, 0.3) is 0 Å². The lowest BCUT2D eigenvalue weighted by atomic mass is 9.95. The van der Waals surface area contributed by atoms with Crippen molar-refractivity contribution >= 4 is 21.9 Å². The fraction of sp³-hybridized carbons (Fsp3) is 0.400. The van der Waals surface area contributed by atoms with Crippen molar-refractivity contribution in [1.82, 2.24) is 14.1 Å². The minimum absolute atomic E-state index is 0.0969. The summed E-state index contributed by atoms with van der Waals surface area (Å²) in [6.45, 7) is 3.91. The molecule has 6 nitrogen and oxygen atoms in total. The van der Waals surface area contributed by atoms with Gasteiger partial charge in [-0.05, 0) is 48.6 Å². The van der Waals surface area contributed by atoms with Crippen LogP contribution in [-0.4, -0.2) is 32.9 Å². The van der Waals surface area contributed by atoms with Gasteiger partial charge in [0.05, 0.1) is 41.7 Å². The molecule has 0 radical (unpaired) electrons. The van der Waals surface area contributed by atoms with Crippen LogP contribution < -0.4 is 0 Å². The zero-order valence-electron chi connectivity index (χ0n) is 18.3. The van der Waals surface area contributed by atoms with Crippen molar-refractivity contribution in [3.63, 3.8) is 0 Å².